The van der Waals surface area contributed by atoms with Crippen molar-refractivity contribution in [3.05, 3.63) is 17.0 Å². The summed E-state index contributed by atoms with van der Waals surface area (Å²) in [5.74, 6) is 0.390. The van der Waals surface area contributed by atoms with E-state index in [0.29, 0.717) is 17.9 Å². The second kappa shape index (κ2) is 7.77. The van der Waals surface area contributed by atoms with Crippen LogP contribution in [0.25, 0.3) is 0 Å². The third kappa shape index (κ3) is 5.13. The summed E-state index contributed by atoms with van der Waals surface area (Å²) in [6, 6.07) is 0. The van der Waals surface area contributed by atoms with Crippen LogP contribution in [0.15, 0.2) is 0 Å². The van der Waals surface area contributed by atoms with Crippen molar-refractivity contribution in [3.63, 3.8) is 0 Å². The number of hydrogen-bond donors (Lipinski definition) is 2. The molecule has 5 nitrogen and oxygen atoms in total. The number of carbonyl (C=O) groups excluding carboxylic acids is 1. The topological polar surface area (TPSA) is 67.2 Å². The average Bonchev–Trinajstić information content (AvgIpc) is 2.70. The Hall–Kier alpha value is -1.36. The summed E-state index contributed by atoms with van der Waals surface area (Å²) in [4.78, 5) is 12.4. The Kier molecular flexibility index (Phi) is 6.60. The van der Waals surface area contributed by atoms with E-state index in [4.69, 9.17) is 0 Å². The van der Waals surface area contributed by atoms with Gasteiger partial charge in [0.05, 0.1) is 16.9 Å². The molecule has 0 saturated heterocycles. The van der Waals surface area contributed by atoms with Gasteiger partial charge in [0.15, 0.2) is 0 Å². The van der Waals surface area contributed by atoms with E-state index < -0.39 is 5.60 Å². The molecule has 1 aromatic rings. The number of aryl methyl sites for hydroxylation is 2. The van der Waals surface area contributed by atoms with Crippen molar-refractivity contribution in [1.82, 2.24) is 15.1 Å². The number of nitrogens with one attached hydrogen (secondary N) is 1. The Balaban J connectivity index is 2.70. The molecule has 0 radical (unpaired) electrons. The minimum atomic E-state index is -0.874. The number of aliphatic hydroxyl groups is 1. The Morgan fingerprint density at radius 3 is 2.59 bits per heavy atom. The fourth-order valence-corrected chi connectivity index (χ4v) is 2.50. The van der Waals surface area contributed by atoms with Crippen molar-refractivity contribution in [2.24, 2.45) is 5.92 Å². The number of carbonyl (C=O) groups is 1. The molecule has 1 aromatic heterocycles. The summed E-state index contributed by atoms with van der Waals surface area (Å²) in [6.45, 7) is 13.0. The van der Waals surface area contributed by atoms with Crippen LogP contribution < -0.4 is 5.32 Å². The van der Waals surface area contributed by atoms with Crippen LogP contribution >= 0.6 is 0 Å². The molecule has 0 bridgehead atoms. The SMILES string of the molecule is CCCn1nc(C)c(C(=O)NCC(C)(O)CCC(C)C)c1C. The van der Waals surface area contributed by atoms with Crippen LogP contribution in [-0.2, 0) is 6.54 Å². The summed E-state index contributed by atoms with van der Waals surface area (Å²) in [7, 11) is 0. The number of rotatable bonds is 8. The molecule has 1 unspecified atom stereocenters. The first kappa shape index (κ1) is 18.7. The van der Waals surface area contributed by atoms with E-state index >= 15 is 0 Å². The second-order valence-corrected chi connectivity index (χ2v) is 6.88. The van der Waals surface area contributed by atoms with Crippen molar-refractivity contribution in [1.29, 1.82) is 0 Å². The Labute approximate surface area is 134 Å². The molecule has 0 spiro atoms. The van der Waals surface area contributed by atoms with E-state index in [1.54, 1.807) is 6.92 Å². The van der Waals surface area contributed by atoms with E-state index in [9.17, 15) is 9.90 Å². The van der Waals surface area contributed by atoms with Crippen LogP contribution in [0.1, 0.15) is 68.7 Å². The quantitative estimate of drug-likeness (QED) is 0.776. The van der Waals surface area contributed by atoms with Gasteiger partial charge in [-0.3, -0.25) is 9.48 Å². The fourth-order valence-electron chi connectivity index (χ4n) is 2.50. The molecule has 0 aliphatic carbocycles. The van der Waals surface area contributed by atoms with Crippen LogP contribution in [0.5, 0.6) is 0 Å². The van der Waals surface area contributed by atoms with Gasteiger partial charge in [-0.25, -0.2) is 0 Å². The van der Waals surface area contributed by atoms with E-state index in [2.05, 4.69) is 31.2 Å². The molecule has 2 N–H and O–H groups in total. The lowest BCUT2D eigenvalue weighted by atomic mass is 9.95. The maximum absolute atomic E-state index is 12.4. The maximum atomic E-state index is 12.4. The van der Waals surface area contributed by atoms with Crippen molar-refractivity contribution >= 4 is 5.91 Å². The Morgan fingerprint density at radius 1 is 1.41 bits per heavy atom. The first-order chi connectivity index (χ1) is 10.2. The minimum Gasteiger partial charge on any atom is -0.388 e. The van der Waals surface area contributed by atoms with Crippen molar-refractivity contribution in [3.8, 4) is 0 Å². The van der Waals surface area contributed by atoms with Gasteiger partial charge in [0.1, 0.15) is 0 Å². The van der Waals surface area contributed by atoms with Crippen LogP contribution in [0.3, 0.4) is 0 Å². The lowest BCUT2D eigenvalue weighted by molar-refractivity contribution is 0.0429. The second-order valence-electron chi connectivity index (χ2n) is 6.88. The van der Waals surface area contributed by atoms with Gasteiger partial charge in [-0.15, -0.1) is 0 Å². The third-order valence-corrected chi connectivity index (χ3v) is 3.93. The molecule has 5 heteroatoms. The van der Waals surface area contributed by atoms with Gasteiger partial charge < -0.3 is 10.4 Å². The summed E-state index contributed by atoms with van der Waals surface area (Å²) in [5.41, 5.74) is 1.39. The molecule has 22 heavy (non-hydrogen) atoms. The molecule has 1 amide bonds. The van der Waals surface area contributed by atoms with Gasteiger partial charge in [-0.1, -0.05) is 20.8 Å². The van der Waals surface area contributed by atoms with Gasteiger partial charge in [0.25, 0.3) is 5.91 Å². The number of nitrogens with zero attached hydrogens (tertiary/aromatic N) is 2. The summed E-state index contributed by atoms with van der Waals surface area (Å²) in [6.07, 6.45) is 2.60. The van der Waals surface area contributed by atoms with Gasteiger partial charge in [-0.05, 0) is 46.0 Å². The molecule has 0 aliphatic heterocycles. The highest BCUT2D eigenvalue weighted by atomic mass is 16.3. The van der Waals surface area contributed by atoms with E-state index in [0.717, 1.165) is 30.8 Å². The zero-order chi connectivity index (χ0) is 16.9. The smallest absolute Gasteiger partial charge is 0.255 e. The summed E-state index contributed by atoms with van der Waals surface area (Å²) in [5, 5.41) is 17.6. The summed E-state index contributed by atoms with van der Waals surface area (Å²) >= 11 is 0. The monoisotopic (exact) mass is 309 g/mol. The molecule has 0 aliphatic rings. The van der Waals surface area contributed by atoms with Gasteiger partial charge in [0.2, 0.25) is 0 Å². The first-order valence-electron chi connectivity index (χ1n) is 8.22. The molecule has 0 fully saturated rings. The lowest BCUT2D eigenvalue weighted by Gasteiger charge is -2.24. The lowest BCUT2D eigenvalue weighted by Crippen LogP contribution is -2.41. The number of hydrogen-bond acceptors (Lipinski definition) is 3. The molecule has 1 rings (SSSR count). The van der Waals surface area contributed by atoms with Crippen molar-refractivity contribution in [2.75, 3.05) is 6.54 Å². The van der Waals surface area contributed by atoms with Crippen LogP contribution in [0.2, 0.25) is 0 Å². The minimum absolute atomic E-state index is 0.151. The molecule has 0 aromatic carbocycles. The van der Waals surface area contributed by atoms with Crippen molar-refractivity contribution < 1.29 is 9.90 Å². The first-order valence-corrected chi connectivity index (χ1v) is 8.22. The van der Waals surface area contributed by atoms with Crippen LogP contribution in [0.4, 0.5) is 0 Å². The highest BCUT2D eigenvalue weighted by Crippen LogP contribution is 2.17. The average molecular weight is 309 g/mol. The van der Waals surface area contributed by atoms with Gasteiger partial charge >= 0.3 is 0 Å². The van der Waals surface area contributed by atoms with Gasteiger partial charge in [0, 0.05) is 18.8 Å². The predicted molar refractivity (Wildman–Crippen MR) is 89.0 cm³/mol. The molecular formula is C17H31N3O2. The zero-order valence-electron chi connectivity index (χ0n) is 14.9. The Bertz CT molecular complexity index is 504. The predicted octanol–water partition coefficient (Wildman–Crippen LogP) is 2.83. The maximum Gasteiger partial charge on any atom is 0.255 e. The normalized spacial score (nSPS) is 14.2. The van der Waals surface area contributed by atoms with E-state index in [1.807, 2.05) is 18.5 Å². The van der Waals surface area contributed by atoms with E-state index in [-0.39, 0.29) is 12.5 Å². The molecule has 1 heterocycles. The summed E-state index contributed by atoms with van der Waals surface area (Å²) < 4.78 is 1.88. The van der Waals surface area contributed by atoms with Crippen molar-refractivity contribution in [2.45, 2.75) is 73.0 Å². The van der Waals surface area contributed by atoms with Crippen LogP contribution in [-0.4, -0.2) is 32.9 Å². The largest absolute Gasteiger partial charge is 0.388 e. The van der Waals surface area contributed by atoms with E-state index in [1.165, 1.54) is 0 Å². The third-order valence-electron chi connectivity index (χ3n) is 3.93. The standard InChI is InChI=1S/C17H31N3O2/c1-7-10-20-14(5)15(13(4)19-20)16(21)18-11-17(6,22)9-8-12(2)3/h12,22H,7-11H2,1-6H3,(H,18,21). The molecule has 1 atom stereocenters. The number of amides is 1. The molecule has 126 valence electrons. The highest BCUT2D eigenvalue weighted by Gasteiger charge is 2.24. The number of aromatic nitrogens is 2. The fraction of sp³-hybridized carbons (Fsp3) is 0.765. The molecular weight excluding hydrogens is 278 g/mol. The zero-order valence-corrected chi connectivity index (χ0v) is 14.9. The van der Waals surface area contributed by atoms with Crippen LogP contribution in [0, 0.1) is 19.8 Å². The Morgan fingerprint density at radius 2 is 2.05 bits per heavy atom. The highest BCUT2D eigenvalue weighted by molar-refractivity contribution is 5.96. The van der Waals surface area contributed by atoms with Gasteiger partial charge in [-0.2, -0.15) is 5.10 Å². The molecule has 0 saturated carbocycles.